The summed E-state index contributed by atoms with van der Waals surface area (Å²) in [7, 11) is -0.938. The molecule has 1 aromatic heterocycles. The molecule has 0 N–H and O–H groups in total. The van der Waals surface area contributed by atoms with Crippen LogP contribution in [0.2, 0.25) is 0 Å². The highest BCUT2D eigenvalue weighted by atomic mass is 79.9. The molecule has 2 nitrogen and oxygen atoms in total. The molecule has 0 aliphatic rings. The molecule has 4 heteroatoms. The fraction of sp³-hybridized carbons (Fsp3) is 0.375. The molecule has 0 aliphatic heterocycles. The minimum atomic E-state index is -0.938. The van der Waals surface area contributed by atoms with E-state index in [4.69, 9.17) is 0 Å². The molecule has 0 fully saturated rings. The fourth-order valence-electron chi connectivity index (χ4n) is 0.775. The van der Waals surface area contributed by atoms with Crippen molar-refractivity contribution in [3.8, 4) is 0 Å². The second-order valence-corrected chi connectivity index (χ2v) is 5.61. The maximum Gasteiger partial charge on any atom is 0.0585 e. The maximum atomic E-state index is 11.5. The van der Waals surface area contributed by atoms with Gasteiger partial charge in [-0.25, -0.2) is 0 Å². The molecule has 0 amide bonds. The number of pyridine rings is 1. The Morgan fingerprint density at radius 3 is 2.67 bits per heavy atom. The third kappa shape index (κ3) is 2.38. The minimum absolute atomic E-state index is 0.140. The van der Waals surface area contributed by atoms with Crippen LogP contribution in [0.5, 0.6) is 0 Å². The van der Waals surface area contributed by atoms with Gasteiger partial charge in [0.2, 0.25) is 0 Å². The van der Waals surface area contributed by atoms with Gasteiger partial charge in [0.1, 0.15) is 0 Å². The Morgan fingerprint density at radius 2 is 2.17 bits per heavy atom. The van der Waals surface area contributed by atoms with E-state index in [1.807, 2.05) is 19.9 Å². The lowest BCUT2D eigenvalue weighted by molar-refractivity contribution is 0.676. The molecule has 0 aromatic carbocycles. The van der Waals surface area contributed by atoms with Gasteiger partial charge in [-0.15, -0.1) is 0 Å². The zero-order valence-corrected chi connectivity index (χ0v) is 9.35. The second kappa shape index (κ2) is 4.14. The Hall–Kier alpha value is -0.220. The van der Waals surface area contributed by atoms with E-state index in [1.165, 1.54) is 0 Å². The van der Waals surface area contributed by atoms with Crippen molar-refractivity contribution in [1.82, 2.24) is 4.98 Å². The van der Waals surface area contributed by atoms with E-state index in [9.17, 15) is 4.21 Å². The van der Waals surface area contributed by atoms with Gasteiger partial charge < -0.3 is 0 Å². The first-order valence-corrected chi connectivity index (χ1v) is 5.63. The molecule has 66 valence electrons. The van der Waals surface area contributed by atoms with Crippen LogP contribution in [0.15, 0.2) is 27.8 Å². The summed E-state index contributed by atoms with van der Waals surface area (Å²) in [6, 6.07) is 1.84. The van der Waals surface area contributed by atoms with Gasteiger partial charge in [-0.05, 0) is 22.0 Å². The topological polar surface area (TPSA) is 30.0 Å². The molecule has 1 heterocycles. The summed E-state index contributed by atoms with van der Waals surface area (Å²) in [5.74, 6) is 0. The summed E-state index contributed by atoms with van der Waals surface area (Å²) in [5.41, 5.74) is 0. The molecule has 1 aromatic rings. The molecule has 1 atom stereocenters. The largest absolute Gasteiger partial charge is 0.262 e. The molecule has 0 radical (unpaired) electrons. The van der Waals surface area contributed by atoms with Gasteiger partial charge in [-0.3, -0.25) is 9.19 Å². The predicted molar refractivity (Wildman–Crippen MR) is 53.5 cm³/mol. The summed E-state index contributed by atoms with van der Waals surface area (Å²) in [6.07, 6.45) is 3.32. The monoisotopic (exact) mass is 247 g/mol. The van der Waals surface area contributed by atoms with Gasteiger partial charge in [0, 0.05) is 22.1 Å². The normalized spacial score (nSPS) is 13.3. The molecule has 0 saturated carbocycles. The second-order valence-electron chi connectivity index (χ2n) is 2.69. The van der Waals surface area contributed by atoms with Gasteiger partial charge in [0.15, 0.2) is 0 Å². The van der Waals surface area contributed by atoms with Gasteiger partial charge in [-0.2, -0.15) is 0 Å². The zero-order chi connectivity index (χ0) is 9.14. The van der Waals surface area contributed by atoms with Crippen LogP contribution in [0.4, 0.5) is 0 Å². The van der Waals surface area contributed by atoms with Crippen molar-refractivity contribution in [3.63, 3.8) is 0 Å². The standard InChI is InChI=1S/C8H10BrNOS/c1-6(2)12(11)8-3-7(9)4-10-5-8/h3-6H,1-2H3. The summed E-state index contributed by atoms with van der Waals surface area (Å²) in [5, 5.41) is 0.140. The lowest BCUT2D eigenvalue weighted by Crippen LogP contribution is -2.05. The summed E-state index contributed by atoms with van der Waals surface area (Å²) in [4.78, 5) is 4.72. The van der Waals surface area contributed by atoms with Crippen molar-refractivity contribution in [2.24, 2.45) is 0 Å². The lowest BCUT2D eigenvalue weighted by atomic mass is 10.5. The molecule has 12 heavy (non-hydrogen) atoms. The van der Waals surface area contributed by atoms with Crippen molar-refractivity contribution >= 4 is 26.7 Å². The molecule has 1 unspecified atom stereocenters. The molecule has 1 rings (SSSR count). The lowest BCUT2D eigenvalue weighted by Gasteiger charge is -2.04. The highest BCUT2D eigenvalue weighted by Crippen LogP contribution is 2.15. The summed E-state index contributed by atoms with van der Waals surface area (Å²) in [6.45, 7) is 3.86. The third-order valence-electron chi connectivity index (χ3n) is 1.34. The third-order valence-corrected chi connectivity index (χ3v) is 3.32. The fourth-order valence-corrected chi connectivity index (χ4v) is 2.24. The van der Waals surface area contributed by atoms with Gasteiger partial charge in [-0.1, -0.05) is 13.8 Å². The van der Waals surface area contributed by atoms with Crippen LogP contribution in [0.25, 0.3) is 0 Å². The molecule has 0 bridgehead atoms. The van der Waals surface area contributed by atoms with Crippen LogP contribution < -0.4 is 0 Å². The van der Waals surface area contributed by atoms with E-state index in [0.717, 1.165) is 9.37 Å². The Bertz CT molecular complexity index is 301. The van der Waals surface area contributed by atoms with Gasteiger partial charge >= 0.3 is 0 Å². The van der Waals surface area contributed by atoms with Crippen LogP contribution in [-0.4, -0.2) is 14.4 Å². The van der Waals surface area contributed by atoms with Crippen molar-refractivity contribution in [2.45, 2.75) is 24.0 Å². The Kier molecular flexibility index (Phi) is 3.40. The van der Waals surface area contributed by atoms with E-state index < -0.39 is 10.8 Å². The van der Waals surface area contributed by atoms with Crippen molar-refractivity contribution in [3.05, 3.63) is 22.9 Å². The van der Waals surface area contributed by atoms with E-state index in [-0.39, 0.29) is 5.25 Å². The van der Waals surface area contributed by atoms with Crippen molar-refractivity contribution in [2.75, 3.05) is 0 Å². The number of aromatic nitrogens is 1. The Labute approximate surface area is 83.0 Å². The smallest absolute Gasteiger partial charge is 0.0585 e. The average molecular weight is 248 g/mol. The van der Waals surface area contributed by atoms with E-state index in [2.05, 4.69) is 20.9 Å². The van der Waals surface area contributed by atoms with E-state index in [1.54, 1.807) is 12.4 Å². The highest BCUT2D eigenvalue weighted by molar-refractivity contribution is 9.10. The first-order chi connectivity index (χ1) is 5.61. The van der Waals surface area contributed by atoms with E-state index >= 15 is 0 Å². The number of hydrogen-bond donors (Lipinski definition) is 0. The zero-order valence-electron chi connectivity index (χ0n) is 6.95. The molecular weight excluding hydrogens is 238 g/mol. The highest BCUT2D eigenvalue weighted by Gasteiger charge is 2.08. The molecule has 0 spiro atoms. The van der Waals surface area contributed by atoms with Crippen LogP contribution in [0.3, 0.4) is 0 Å². The number of rotatable bonds is 2. The molecule has 0 saturated heterocycles. The first kappa shape index (κ1) is 9.86. The van der Waals surface area contributed by atoms with Crippen LogP contribution in [-0.2, 0) is 10.8 Å². The Balaban J connectivity index is 2.96. The summed E-state index contributed by atoms with van der Waals surface area (Å²) >= 11 is 3.28. The van der Waals surface area contributed by atoms with Crippen LogP contribution in [0, 0.1) is 0 Å². The van der Waals surface area contributed by atoms with Crippen molar-refractivity contribution < 1.29 is 4.21 Å². The summed E-state index contributed by atoms with van der Waals surface area (Å²) < 4.78 is 12.4. The van der Waals surface area contributed by atoms with Crippen LogP contribution >= 0.6 is 15.9 Å². The van der Waals surface area contributed by atoms with Gasteiger partial charge in [0.25, 0.3) is 0 Å². The average Bonchev–Trinajstić information content (AvgIpc) is 2.03. The molecular formula is C8H10BrNOS. The van der Waals surface area contributed by atoms with Crippen molar-refractivity contribution in [1.29, 1.82) is 0 Å². The minimum Gasteiger partial charge on any atom is -0.262 e. The number of nitrogens with zero attached hydrogens (tertiary/aromatic N) is 1. The molecule has 0 aliphatic carbocycles. The van der Waals surface area contributed by atoms with Gasteiger partial charge in [0.05, 0.1) is 15.7 Å². The quantitative estimate of drug-likeness (QED) is 0.804. The number of halogens is 1. The van der Waals surface area contributed by atoms with Crippen LogP contribution in [0.1, 0.15) is 13.8 Å². The first-order valence-electron chi connectivity index (χ1n) is 3.62. The SMILES string of the molecule is CC(C)S(=O)c1cncc(Br)c1. The van der Waals surface area contributed by atoms with E-state index in [0.29, 0.717) is 0 Å². The Morgan fingerprint density at radius 1 is 1.50 bits per heavy atom. The predicted octanol–water partition coefficient (Wildman–Crippen LogP) is 2.36. The number of hydrogen-bond acceptors (Lipinski definition) is 2. The maximum absolute atomic E-state index is 11.5.